The zero-order valence-electron chi connectivity index (χ0n) is 10.7. The monoisotopic (exact) mass is 287 g/mol. The minimum Gasteiger partial charge on any atom is -0.373 e. The molecule has 0 bridgehead atoms. The van der Waals surface area contributed by atoms with Gasteiger partial charge >= 0.3 is 0 Å². The summed E-state index contributed by atoms with van der Waals surface area (Å²) < 4.78 is 5.96. The molecule has 0 aliphatic carbocycles. The molecule has 100 valence electrons. The summed E-state index contributed by atoms with van der Waals surface area (Å²) in [5, 5.41) is 4.84. The van der Waals surface area contributed by atoms with Crippen molar-refractivity contribution in [3.05, 3.63) is 33.8 Å². The van der Waals surface area contributed by atoms with Crippen LogP contribution in [0.1, 0.15) is 38.3 Å². The van der Waals surface area contributed by atoms with Crippen molar-refractivity contribution in [2.24, 2.45) is 0 Å². The molecular formula is C14H19Cl2NO. The van der Waals surface area contributed by atoms with Crippen LogP contribution in [0.5, 0.6) is 0 Å². The third-order valence-electron chi connectivity index (χ3n) is 3.36. The molecule has 0 spiro atoms. The van der Waals surface area contributed by atoms with Crippen LogP contribution in [-0.2, 0) is 4.74 Å². The van der Waals surface area contributed by atoms with E-state index in [-0.39, 0.29) is 12.1 Å². The van der Waals surface area contributed by atoms with Crippen LogP contribution in [0.15, 0.2) is 18.2 Å². The van der Waals surface area contributed by atoms with Crippen molar-refractivity contribution in [3.8, 4) is 0 Å². The summed E-state index contributed by atoms with van der Waals surface area (Å²) in [5.41, 5.74) is 1.07. The molecule has 2 rings (SSSR count). The highest BCUT2D eigenvalue weighted by Crippen LogP contribution is 2.34. The van der Waals surface area contributed by atoms with E-state index in [0.29, 0.717) is 16.1 Å². The Morgan fingerprint density at radius 2 is 2.17 bits per heavy atom. The van der Waals surface area contributed by atoms with Gasteiger partial charge in [-0.2, -0.15) is 0 Å². The van der Waals surface area contributed by atoms with Crippen LogP contribution in [0, 0.1) is 0 Å². The number of halogens is 2. The first kappa shape index (κ1) is 14.1. The molecule has 0 aromatic heterocycles. The third kappa shape index (κ3) is 3.18. The van der Waals surface area contributed by atoms with Gasteiger partial charge in [-0.05, 0) is 44.0 Å². The Hall–Kier alpha value is -0.280. The Balaban J connectivity index is 2.23. The average molecular weight is 288 g/mol. The Kier molecular flexibility index (Phi) is 4.91. The number of hydrogen-bond acceptors (Lipinski definition) is 2. The van der Waals surface area contributed by atoms with Crippen LogP contribution in [0.3, 0.4) is 0 Å². The van der Waals surface area contributed by atoms with Crippen LogP contribution in [0.2, 0.25) is 10.0 Å². The van der Waals surface area contributed by atoms with Crippen LogP contribution in [0.4, 0.5) is 0 Å². The SMILES string of the molecule is CCNC(c1ccc(Cl)cc1Cl)C1CCC(C)O1. The molecule has 18 heavy (non-hydrogen) atoms. The molecule has 1 saturated heterocycles. The van der Waals surface area contributed by atoms with Gasteiger partial charge < -0.3 is 10.1 Å². The van der Waals surface area contributed by atoms with Crippen molar-refractivity contribution in [1.29, 1.82) is 0 Å². The van der Waals surface area contributed by atoms with Gasteiger partial charge in [-0.15, -0.1) is 0 Å². The van der Waals surface area contributed by atoms with Gasteiger partial charge in [0, 0.05) is 10.0 Å². The molecule has 0 amide bonds. The van der Waals surface area contributed by atoms with E-state index >= 15 is 0 Å². The topological polar surface area (TPSA) is 21.3 Å². The molecule has 1 aromatic rings. The number of likely N-dealkylation sites (N-methyl/N-ethyl adjacent to an activating group) is 1. The number of benzene rings is 1. The Labute approximate surface area is 119 Å². The number of nitrogens with one attached hydrogen (secondary N) is 1. The van der Waals surface area contributed by atoms with Gasteiger partial charge in [0.1, 0.15) is 0 Å². The van der Waals surface area contributed by atoms with Crippen LogP contribution in [0.25, 0.3) is 0 Å². The van der Waals surface area contributed by atoms with Crippen LogP contribution < -0.4 is 5.32 Å². The maximum atomic E-state index is 6.29. The number of hydrogen-bond donors (Lipinski definition) is 1. The smallest absolute Gasteiger partial charge is 0.0774 e. The van der Waals surface area contributed by atoms with Gasteiger partial charge in [0.25, 0.3) is 0 Å². The highest BCUT2D eigenvalue weighted by Gasteiger charge is 2.31. The first-order valence-corrected chi connectivity index (χ1v) is 7.21. The summed E-state index contributed by atoms with van der Waals surface area (Å²) in [7, 11) is 0. The first-order valence-electron chi connectivity index (χ1n) is 6.45. The van der Waals surface area contributed by atoms with Crippen LogP contribution >= 0.6 is 23.2 Å². The van der Waals surface area contributed by atoms with Crippen molar-refractivity contribution in [1.82, 2.24) is 5.32 Å². The average Bonchev–Trinajstić information content (AvgIpc) is 2.73. The van der Waals surface area contributed by atoms with E-state index in [1.165, 1.54) is 0 Å². The minimum absolute atomic E-state index is 0.143. The molecular weight excluding hydrogens is 269 g/mol. The Morgan fingerprint density at radius 1 is 1.39 bits per heavy atom. The molecule has 1 heterocycles. The van der Waals surface area contributed by atoms with Crippen molar-refractivity contribution in [2.45, 2.75) is 44.9 Å². The quantitative estimate of drug-likeness (QED) is 0.896. The second kappa shape index (κ2) is 6.25. The fourth-order valence-electron chi connectivity index (χ4n) is 2.49. The summed E-state index contributed by atoms with van der Waals surface area (Å²) in [4.78, 5) is 0. The zero-order valence-corrected chi connectivity index (χ0v) is 12.3. The highest BCUT2D eigenvalue weighted by atomic mass is 35.5. The lowest BCUT2D eigenvalue weighted by atomic mass is 9.99. The molecule has 3 atom stereocenters. The molecule has 0 radical (unpaired) electrons. The number of ether oxygens (including phenoxy) is 1. The summed E-state index contributed by atoms with van der Waals surface area (Å²) in [6.07, 6.45) is 2.70. The van der Waals surface area contributed by atoms with E-state index in [0.717, 1.165) is 24.9 Å². The third-order valence-corrected chi connectivity index (χ3v) is 3.92. The minimum atomic E-state index is 0.143. The second-order valence-electron chi connectivity index (χ2n) is 4.76. The molecule has 3 unspecified atom stereocenters. The molecule has 2 nitrogen and oxygen atoms in total. The predicted octanol–water partition coefficient (Wildman–Crippen LogP) is 4.21. The van der Waals surface area contributed by atoms with Gasteiger partial charge in [0.2, 0.25) is 0 Å². The van der Waals surface area contributed by atoms with Gasteiger partial charge in [0.15, 0.2) is 0 Å². The predicted molar refractivity (Wildman–Crippen MR) is 76.4 cm³/mol. The highest BCUT2D eigenvalue weighted by molar-refractivity contribution is 6.35. The Bertz CT molecular complexity index is 411. The fourth-order valence-corrected chi connectivity index (χ4v) is 3.02. The zero-order chi connectivity index (χ0) is 13.1. The van der Waals surface area contributed by atoms with Crippen molar-refractivity contribution in [2.75, 3.05) is 6.54 Å². The summed E-state index contributed by atoms with van der Waals surface area (Å²) in [5.74, 6) is 0. The fraction of sp³-hybridized carbons (Fsp3) is 0.571. The number of rotatable bonds is 4. The van der Waals surface area contributed by atoms with Crippen molar-refractivity contribution in [3.63, 3.8) is 0 Å². The maximum Gasteiger partial charge on any atom is 0.0774 e. The van der Waals surface area contributed by atoms with Gasteiger partial charge in [-0.3, -0.25) is 0 Å². The largest absolute Gasteiger partial charge is 0.373 e. The molecule has 1 aliphatic heterocycles. The summed E-state index contributed by atoms with van der Waals surface area (Å²) in [6, 6.07) is 5.81. The molecule has 0 saturated carbocycles. The van der Waals surface area contributed by atoms with Gasteiger partial charge in [-0.1, -0.05) is 36.2 Å². The van der Waals surface area contributed by atoms with E-state index in [1.54, 1.807) is 6.07 Å². The molecule has 1 aromatic carbocycles. The Morgan fingerprint density at radius 3 is 2.72 bits per heavy atom. The summed E-state index contributed by atoms with van der Waals surface area (Å²) >= 11 is 12.2. The van der Waals surface area contributed by atoms with Crippen molar-refractivity contribution < 1.29 is 4.74 Å². The summed E-state index contributed by atoms with van der Waals surface area (Å²) in [6.45, 7) is 5.10. The lowest BCUT2D eigenvalue weighted by Gasteiger charge is -2.25. The second-order valence-corrected chi connectivity index (χ2v) is 5.61. The standard InChI is InChI=1S/C14H19Cl2NO/c1-3-17-14(13-7-4-9(2)18-13)11-6-5-10(15)8-12(11)16/h5-6,8-9,13-14,17H,3-4,7H2,1-2H3. The van der Waals surface area contributed by atoms with E-state index in [2.05, 4.69) is 19.2 Å². The van der Waals surface area contributed by atoms with Gasteiger partial charge in [-0.25, -0.2) is 0 Å². The van der Waals surface area contributed by atoms with E-state index < -0.39 is 0 Å². The normalized spacial score (nSPS) is 25.3. The van der Waals surface area contributed by atoms with Crippen molar-refractivity contribution >= 4 is 23.2 Å². The van der Waals surface area contributed by atoms with E-state index in [9.17, 15) is 0 Å². The lowest BCUT2D eigenvalue weighted by molar-refractivity contribution is 0.0320. The van der Waals surface area contributed by atoms with E-state index in [1.807, 2.05) is 12.1 Å². The van der Waals surface area contributed by atoms with E-state index in [4.69, 9.17) is 27.9 Å². The first-order chi connectivity index (χ1) is 8.61. The molecule has 1 fully saturated rings. The maximum absolute atomic E-state index is 6.29. The molecule has 1 N–H and O–H groups in total. The van der Waals surface area contributed by atoms with Crippen LogP contribution in [-0.4, -0.2) is 18.8 Å². The molecule has 1 aliphatic rings. The lowest BCUT2D eigenvalue weighted by Crippen LogP contribution is -2.32. The van der Waals surface area contributed by atoms with Gasteiger partial charge in [0.05, 0.1) is 18.2 Å². The molecule has 4 heteroatoms.